The quantitative estimate of drug-likeness (QED) is 0.260. The van der Waals surface area contributed by atoms with Gasteiger partial charge in [0.05, 0.1) is 9.93 Å². The van der Waals surface area contributed by atoms with Gasteiger partial charge in [0.2, 0.25) is 5.91 Å². The van der Waals surface area contributed by atoms with Crippen LogP contribution in [0.15, 0.2) is 74.5 Å². The minimum absolute atomic E-state index is 0.189. The summed E-state index contributed by atoms with van der Waals surface area (Å²) in [6.45, 7) is -0.130. The maximum atomic E-state index is 13.0. The fourth-order valence-electron chi connectivity index (χ4n) is 3.20. The third-order valence-electron chi connectivity index (χ3n) is 4.94. The van der Waals surface area contributed by atoms with Gasteiger partial charge in [0, 0.05) is 25.2 Å². The molecule has 0 bridgehead atoms. The molecule has 3 aromatic carbocycles. The van der Waals surface area contributed by atoms with Crippen molar-refractivity contribution in [2.45, 2.75) is 6.61 Å². The number of anilines is 1. The number of ether oxygens (including phenoxy) is 1. The normalized spacial score (nSPS) is 14.4. The Morgan fingerprint density at radius 2 is 1.78 bits per heavy atom. The SMILES string of the molecule is O=C(CN1C(=O)S/C(=C/c2cc(Br)ccc2OCc2ccc(Cl)cc2)C1=O)Nc1ccc(Br)c(Cl)c1. The zero-order valence-electron chi connectivity index (χ0n) is 18.3. The third kappa shape index (κ3) is 6.72. The Kier molecular flexibility index (Phi) is 8.79. The molecule has 0 saturated carbocycles. The van der Waals surface area contributed by atoms with Gasteiger partial charge in [-0.25, -0.2) is 0 Å². The van der Waals surface area contributed by atoms with E-state index < -0.39 is 23.6 Å². The second-order valence-electron chi connectivity index (χ2n) is 7.54. The van der Waals surface area contributed by atoms with Crippen molar-refractivity contribution in [2.24, 2.45) is 0 Å². The molecule has 184 valence electrons. The Labute approximate surface area is 238 Å². The predicted octanol–water partition coefficient (Wildman–Crippen LogP) is 7.77. The zero-order valence-corrected chi connectivity index (χ0v) is 23.8. The Morgan fingerprint density at radius 1 is 1.03 bits per heavy atom. The van der Waals surface area contributed by atoms with Crippen LogP contribution in [0.2, 0.25) is 10.0 Å². The molecular weight excluding hydrogens is 655 g/mol. The number of hydrogen-bond acceptors (Lipinski definition) is 5. The average molecular weight is 671 g/mol. The van der Waals surface area contributed by atoms with Gasteiger partial charge in [0.25, 0.3) is 11.1 Å². The fraction of sp³-hybridized carbons (Fsp3) is 0.0800. The lowest BCUT2D eigenvalue weighted by molar-refractivity contribution is -0.127. The molecule has 1 fully saturated rings. The highest BCUT2D eigenvalue weighted by Crippen LogP contribution is 2.35. The van der Waals surface area contributed by atoms with Crippen LogP contribution in [0.25, 0.3) is 6.08 Å². The largest absolute Gasteiger partial charge is 0.488 e. The van der Waals surface area contributed by atoms with Crippen LogP contribution in [0.4, 0.5) is 10.5 Å². The van der Waals surface area contributed by atoms with Crippen LogP contribution >= 0.6 is 66.8 Å². The van der Waals surface area contributed by atoms with E-state index in [9.17, 15) is 14.4 Å². The molecular formula is C25H16Br2Cl2N2O4S. The molecule has 3 aromatic rings. The van der Waals surface area contributed by atoms with Crippen LogP contribution in [0, 0.1) is 0 Å². The molecule has 0 unspecified atom stereocenters. The Balaban J connectivity index is 1.47. The van der Waals surface area contributed by atoms with Gasteiger partial charge in [-0.1, -0.05) is 51.3 Å². The van der Waals surface area contributed by atoms with Gasteiger partial charge in [-0.15, -0.1) is 0 Å². The topological polar surface area (TPSA) is 75.7 Å². The zero-order chi connectivity index (χ0) is 25.8. The first-order chi connectivity index (χ1) is 17.2. The number of halogens is 4. The molecule has 6 nitrogen and oxygen atoms in total. The molecule has 1 aliphatic heterocycles. The summed E-state index contributed by atoms with van der Waals surface area (Å²) in [6.07, 6.45) is 1.58. The lowest BCUT2D eigenvalue weighted by Gasteiger charge is -2.13. The molecule has 1 aliphatic rings. The van der Waals surface area contributed by atoms with E-state index in [4.69, 9.17) is 27.9 Å². The molecule has 0 radical (unpaired) electrons. The van der Waals surface area contributed by atoms with Crippen LogP contribution in [-0.4, -0.2) is 28.5 Å². The van der Waals surface area contributed by atoms with Crippen molar-refractivity contribution in [3.05, 3.63) is 95.7 Å². The summed E-state index contributed by atoms with van der Waals surface area (Å²) < 4.78 is 7.42. The summed E-state index contributed by atoms with van der Waals surface area (Å²) in [5, 5.41) is 3.16. The maximum absolute atomic E-state index is 13.0. The molecule has 11 heteroatoms. The Hall–Kier alpha value is -2.30. The molecule has 1 heterocycles. The van der Waals surface area contributed by atoms with Gasteiger partial charge in [-0.3, -0.25) is 19.3 Å². The van der Waals surface area contributed by atoms with Gasteiger partial charge >= 0.3 is 0 Å². The lowest BCUT2D eigenvalue weighted by atomic mass is 10.1. The third-order valence-corrected chi connectivity index (χ3v) is 7.83. The molecule has 1 saturated heterocycles. The second-order valence-corrected chi connectivity index (χ2v) is 11.1. The first-order valence-corrected chi connectivity index (χ1v) is 13.5. The van der Waals surface area contributed by atoms with Crippen molar-refractivity contribution in [3.8, 4) is 5.75 Å². The average Bonchev–Trinajstić information content (AvgIpc) is 3.09. The highest BCUT2D eigenvalue weighted by Gasteiger charge is 2.36. The number of carbonyl (C=O) groups excluding carboxylic acids is 3. The van der Waals surface area contributed by atoms with Crippen LogP contribution in [-0.2, 0) is 16.2 Å². The molecule has 0 aliphatic carbocycles. The van der Waals surface area contributed by atoms with E-state index in [0.717, 1.165) is 26.7 Å². The summed E-state index contributed by atoms with van der Waals surface area (Å²) in [6, 6.07) is 17.6. The Morgan fingerprint density at radius 3 is 2.50 bits per heavy atom. The first-order valence-electron chi connectivity index (χ1n) is 10.4. The number of rotatable bonds is 7. The molecule has 0 spiro atoms. The highest BCUT2D eigenvalue weighted by atomic mass is 79.9. The van der Waals surface area contributed by atoms with Crippen LogP contribution in [0.3, 0.4) is 0 Å². The van der Waals surface area contributed by atoms with Gasteiger partial charge in [0.15, 0.2) is 0 Å². The number of benzene rings is 3. The smallest absolute Gasteiger partial charge is 0.294 e. The molecule has 3 amide bonds. The van der Waals surface area contributed by atoms with Gasteiger partial charge in [-0.2, -0.15) is 0 Å². The van der Waals surface area contributed by atoms with E-state index >= 15 is 0 Å². The summed E-state index contributed by atoms with van der Waals surface area (Å²) in [5.74, 6) is -0.547. The van der Waals surface area contributed by atoms with E-state index in [1.807, 2.05) is 18.2 Å². The van der Waals surface area contributed by atoms with Crippen molar-refractivity contribution < 1.29 is 19.1 Å². The lowest BCUT2D eigenvalue weighted by Crippen LogP contribution is -2.36. The first kappa shape index (κ1) is 26.8. The van der Waals surface area contributed by atoms with Crippen molar-refractivity contribution >= 4 is 95.6 Å². The van der Waals surface area contributed by atoms with Gasteiger partial charge < -0.3 is 10.1 Å². The highest BCUT2D eigenvalue weighted by molar-refractivity contribution is 9.10. The van der Waals surface area contributed by atoms with E-state index in [0.29, 0.717) is 38.1 Å². The van der Waals surface area contributed by atoms with E-state index in [-0.39, 0.29) is 4.91 Å². The molecule has 36 heavy (non-hydrogen) atoms. The Bertz CT molecular complexity index is 1380. The summed E-state index contributed by atoms with van der Waals surface area (Å²) in [5.41, 5.74) is 1.98. The van der Waals surface area contributed by atoms with Gasteiger partial charge in [0.1, 0.15) is 18.9 Å². The maximum Gasteiger partial charge on any atom is 0.294 e. The van der Waals surface area contributed by atoms with Crippen molar-refractivity contribution in [1.82, 2.24) is 4.90 Å². The van der Waals surface area contributed by atoms with E-state index in [2.05, 4.69) is 37.2 Å². The van der Waals surface area contributed by atoms with Crippen molar-refractivity contribution in [2.75, 3.05) is 11.9 Å². The fourth-order valence-corrected chi connectivity index (χ4v) is 4.96. The number of imide groups is 1. The number of thioether (sulfide) groups is 1. The van der Waals surface area contributed by atoms with Crippen LogP contribution < -0.4 is 10.1 Å². The summed E-state index contributed by atoms with van der Waals surface area (Å²) in [7, 11) is 0. The van der Waals surface area contributed by atoms with Crippen molar-refractivity contribution in [3.63, 3.8) is 0 Å². The molecule has 0 atom stereocenters. The molecule has 1 N–H and O–H groups in total. The summed E-state index contributed by atoms with van der Waals surface area (Å²) >= 11 is 19.5. The van der Waals surface area contributed by atoms with Crippen molar-refractivity contribution in [1.29, 1.82) is 0 Å². The minimum Gasteiger partial charge on any atom is -0.488 e. The number of carbonyl (C=O) groups is 3. The van der Waals surface area contributed by atoms with E-state index in [1.165, 1.54) is 0 Å². The minimum atomic E-state index is -0.558. The van der Waals surface area contributed by atoms with E-state index in [1.54, 1.807) is 48.5 Å². The molecule has 0 aromatic heterocycles. The monoisotopic (exact) mass is 668 g/mol. The van der Waals surface area contributed by atoms with Crippen LogP contribution in [0.1, 0.15) is 11.1 Å². The predicted molar refractivity (Wildman–Crippen MR) is 150 cm³/mol. The number of nitrogens with one attached hydrogen (secondary N) is 1. The standard InChI is InChI=1S/C25H16Br2Cl2N2O4S/c26-16-3-8-21(35-13-14-1-4-17(28)5-2-14)15(9-16)10-22-24(33)31(25(34)36-22)12-23(32)30-18-6-7-19(27)20(29)11-18/h1-11H,12-13H2,(H,30,32)/b22-10+. The number of hydrogen-bond donors (Lipinski definition) is 1. The van der Waals surface area contributed by atoms with Crippen LogP contribution in [0.5, 0.6) is 5.75 Å². The number of nitrogens with zero attached hydrogens (tertiary/aromatic N) is 1. The van der Waals surface area contributed by atoms with Gasteiger partial charge in [-0.05, 0) is 87.9 Å². The molecule has 4 rings (SSSR count). The number of amides is 3. The second kappa shape index (κ2) is 11.8. The summed E-state index contributed by atoms with van der Waals surface area (Å²) in [4.78, 5) is 39.1.